The van der Waals surface area contributed by atoms with Gasteiger partial charge in [-0.1, -0.05) is 18.2 Å². The fraction of sp³-hybridized carbons (Fsp3) is 0.483. The molecular weight excluding hydrogens is 513 g/mol. The van der Waals surface area contributed by atoms with Crippen molar-refractivity contribution in [3.63, 3.8) is 0 Å². The van der Waals surface area contributed by atoms with Gasteiger partial charge in [0.15, 0.2) is 11.5 Å². The molecule has 0 spiro atoms. The van der Waals surface area contributed by atoms with Gasteiger partial charge in [-0.05, 0) is 81.1 Å². The summed E-state index contributed by atoms with van der Waals surface area (Å²) in [4.78, 5) is 17.0. The lowest BCUT2D eigenvalue weighted by molar-refractivity contribution is -0.274. The predicted octanol–water partition coefficient (Wildman–Crippen LogP) is 4.25. The number of methoxy groups -OCH3 is 1. The zero-order chi connectivity index (χ0) is 28.2. The Morgan fingerprint density at radius 2 is 2.00 bits per heavy atom. The number of halogens is 3. The van der Waals surface area contributed by atoms with E-state index in [4.69, 9.17) is 4.74 Å². The van der Waals surface area contributed by atoms with Gasteiger partial charge in [0, 0.05) is 36.2 Å². The van der Waals surface area contributed by atoms with Crippen molar-refractivity contribution in [2.75, 3.05) is 27.7 Å². The number of carbonyl (C=O) groups excluding carboxylic acids is 1. The molecule has 7 nitrogen and oxygen atoms in total. The molecule has 5 rings (SSSR count). The maximum Gasteiger partial charge on any atom is 0.573 e. The van der Waals surface area contributed by atoms with E-state index in [9.17, 15) is 28.2 Å². The summed E-state index contributed by atoms with van der Waals surface area (Å²) < 4.78 is 47.4. The summed E-state index contributed by atoms with van der Waals surface area (Å²) in [6, 6.07) is 8.66. The minimum Gasteiger partial charge on any atom is -0.504 e. The molecule has 1 saturated heterocycles. The molecule has 1 amide bonds. The molecule has 4 atom stereocenters. The molecule has 1 saturated carbocycles. The Kier molecular flexibility index (Phi) is 6.83. The Morgan fingerprint density at radius 1 is 1.23 bits per heavy atom. The molecule has 0 aromatic heterocycles. The molecule has 39 heavy (non-hydrogen) atoms. The Morgan fingerprint density at radius 3 is 2.72 bits per heavy atom. The lowest BCUT2D eigenvalue weighted by atomic mass is 9.48. The molecule has 0 radical (unpaired) electrons. The van der Waals surface area contributed by atoms with Crippen molar-refractivity contribution in [3.8, 4) is 17.2 Å². The third kappa shape index (κ3) is 4.63. The van der Waals surface area contributed by atoms with Crippen LogP contribution < -0.4 is 9.47 Å². The van der Waals surface area contributed by atoms with Gasteiger partial charge >= 0.3 is 6.36 Å². The number of carbonyl (C=O) groups is 1. The lowest BCUT2D eigenvalue weighted by Crippen LogP contribution is -2.73. The number of hydrogen-bond acceptors (Lipinski definition) is 6. The number of piperidine rings is 1. The van der Waals surface area contributed by atoms with Crippen LogP contribution in [0.3, 0.4) is 0 Å². The van der Waals surface area contributed by atoms with Gasteiger partial charge in [-0.15, -0.1) is 13.2 Å². The number of likely N-dealkylation sites (tertiary alicyclic amines) is 1. The monoisotopic (exact) mass is 546 g/mol. The molecule has 2 bridgehead atoms. The topological polar surface area (TPSA) is 82.5 Å². The van der Waals surface area contributed by atoms with Crippen molar-refractivity contribution >= 4 is 12.0 Å². The smallest absolute Gasteiger partial charge is 0.504 e. The summed E-state index contributed by atoms with van der Waals surface area (Å²) in [6.45, 7) is 0.756. The van der Waals surface area contributed by atoms with Gasteiger partial charge in [0.25, 0.3) is 0 Å². The second kappa shape index (κ2) is 9.75. The molecule has 210 valence electrons. The largest absolute Gasteiger partial charge is 0.573 e. The highest BCUT2D eigenvalue weighted by molar-refractivity contribution is 5.92. The number of aliphatic hydroxyl groups is 1. The summed E-state index contributed by atoms with van der Waals surface area (Å²) >= 11 is 0. The van der Waals surface area contributed by atoms with E-state index >= 15 is 0 Å². The molecule has 2 aromatic carbocycles. The van der Waals surface area contributed by atoms with Crippen LogP contribution in [0.1, 0.15) is 42.4 Å². The van der Waals surface area contributed by atoms with E-state index < -0.39 is 17.4 Å². The minimum atomic E-state index is -4.80. The molecule has 10 heteroatoms. The first kappa shape index (κ1) is 27.3. The van der Waals surface area contributed by atoms with Crippen LogP contribution in [0.25, 0.3) is 6.08 Å². The highest BCUT2D eigenvalue weighted by atomic mass is 19.4. The number of aromatic hydroxyl groups is 1. The Labute approximate surface area is 225 Å². The first-order valence-electron chi connectivity index (χ1n) is 13.0. The molecule has 2 fully saturated rings. The van der Waals surface area contributed by atoms with Gasteiger partial charge in [0.2, 0.25) is 5.91 Å². The van der Waals surface area contributed by atoms with E-state index in [0.29, 0.717) is 43.4 Å². The number of hydrogen-bond donors (Lipinski definition) is 2. The van der Waals surface area contributed by atoms with E-state index in [-0.39, 0.29) is 29.5 Å². The molecular formula is C29H33F3N2O5. The van der Waals surface area contributed by atoms with Crippen LogP contribution in [-0.2, 0) is 16.6 Å². The number of nitrogens with zero attached hydrogens (tertiary/aromatic N) is 2. The van der Waals surface area contributed by atoms with Crippen molar-refractivity contribution in [2.45, 2.75) is 61.6 Å². The molecule has 1 heterocycles. The summed E-state index contributed by atoms with van der Waals surface area (Å²) in [5, 5.41) is 22.9. The van der Waals surface area contributed by atoms with Gasteiger partial charge in [0.1, 0.15) is 5.75 Å². The molecule has 0 unspecified atom stereocenters. The zero-order valence-corrected chi connectivity index (χ0v) is 22.2. The molecule has 2 aromatic rings. The predicted molar refractivity (Wildman–Crippen MR) is 139 cm³/mol. The van der Waals surface area contributed by atoms with Gasteiger partial charge in [-0.3, -0.25) is 4.79 Å². The van der Waals surface area contributed by atoms with E-state index in [1.807, 2.05) is 13.1 Å². The van der Waals surface area contributed by atoms with Crippen LogP contribution >= 0.6 is 0 Å². The quantitative estimate of drug-likeness (QED) is 0.546. The minimum absolute atomic E-state index is 0.0246. The fourth-order valence-electron chi connectivity index (χ4n) is 7.10. The summed E-state index contributed by atoms with van der Waals surface area (Å²) in [6.07, 6.45) is 0.833. The number of rotatable bonds is 5. The highest BCUT2D eigenvalue weighted by Crippen LogP contribution is 2.61. The maximum atomic E-state index is 13.2. The van der Waals surface area contributed by atoms with Crippen LogP contribution in [0.5, 0.6) is 17.2 Å². The lowest BCUT2D eigenvalue weighted by Gasteiger charge is -2.64. The number of benzene rings is 2. The summed E-state index contributed by atoms with van der Waals surface area (Å²) in [7, 11) is 5.25. The summed E-state index contributed by atoms with van der Waals surface area (Å²) in [5.41, 5.74) is 0.491. The van der Waals surface area contributed by atoms with Crippen LogP contribution in [0.4, 0.5) is 13.2 Å². The number of ether oxygens (including phenoxy) is 2. The standard InChI is InChI=1S/C29H33F3N2O5/c1-33-14-13-27-17-20(34(2)24(36)10-7-18-5-4-6-21(15-18)39-29(30,31)32)11-12-28(27,37)23(33)16-19-8-9-22(35)26(38-3)25(19)27/h4-10,15,20,23,35,37H,11-14,16-17H2,1-3H3/t20-,23-,27-,28-/m1/s1. The molecule has 2 aliphatic carbocycles. The Bertz CT molecular complexity index is 1300. The van der Waals surface area contributed by atoms with Crippen LogP contribution in [0, 0.1) is 0 Å². The van der Waals surface area contributed by atoms with E-state index in [0.717, 1.165) is 17.7 Å². The van der Waals surface area contributed by atoms with Gasteiger partial charge < -0.3 is 29.5 Å². The first-order valence-corrected chi connectivity index (χ1v) is 13.0. The molecule has 2 N–H and O–H groups in total. The van der Waals surface area contributed by atoms with Crippen LogP contribution in [0.15, 0.2) is 42.5 Å². The Balaban J connectivity index is 1.43. The normalized spacial score (nSPS) is 28.5. The SMILES string of the molecule is COc1c(O)ccc2c1[C@]13CCN(C)[C@H](C2)[C@]1(O)CC[C@@H](N(C)C(=O)C=Cc1cccc(OC(F)(F)F)c1)C3. The third-order valence-corrected chi connectivity index (χ3v) is 8.97. The van der Waals surface area contributed by atoms with Crippen LogP contribution in [-0.4, -0.2) is 77.7 Å². The zero-order valence-electron chi connectivity index (χ0n) is 22.2. The first-order chi connectivity index (χ1) is 18.4. The van der Waals surface area contributed by atoms with Crippen molar-refractivity contribution in [1.82, 2.24) is 9.80 Å². The van der Waals surface area contributed by atoms with Gasteiger partial charge in [-0.2, -0.15) is 0 Å². The average molecular weight is 547 g/mol. The van der Waals surface area contributed by atoms with E-state index in [1.54, 1.807) is 24.1 Å². The van der Waals surface area contributed by atoms with Crippen LogP contribution in [0.2, 0.25) is 0 Å². The van der Waals surface area contributed by atoms with Crippen molar-refractivity contribution in [2.24, 2.45) is 0 Å². The van der Waals surface area contributed by atoms with Gasteiger partial charge in [0.05, 0.1) is 12.7 Å². The molecule has 3 aliphatic rings. The average Bonchev–Trinajstić information content (AvgIpc) is 2.88. The number of likely N-dealkylation sites (N-methyl/N-ethyl adjacent to an activating group) is 2. The number of fused-ring (bicyclic) bond motifs is 1. The van der Waals surface area contributed by atoms with Crippen molar-refractivity contribution < 1.29 is 37.7 Å². The maximum absolute atomic E-state index is 13.2. The number of alkyl halides is 3. The van der Waals surface area contributed by atoms with Gasteiger partial charge in [-0.25, -0.2) is 0 Å². The third-order valence-electron chi connectivity index (χ3n) is 8.97. The highest BCUT2D eigenvalue weighted by Gasteiger charge is 2.65. The molecule has 1 aliphatic heterocycles. The Hall–Kier alpha value is -3.24. The second-order valence-corrected chi connectivity index (χ2v) is 10.9. The van der Waals surface area contributed by atoms with Crippen molar-refractivity contribution in [3.05, 3.63) is 59.2 Å². The number of phenols is 1. The fourth-order valence-corrected chi connectivity index (χ4v) is 7.10. The second-order valence-electron chi connectivity index (χ2n) is 10.9. The number of phenolic OH excluding ortho intramolecular Hbond substituents is 1. The summed E-state index contributed by atoms with van der Waals surface area (Å²) in [5.74, 6) is -0.255. The number of amides is 1. The van der Waals surface area contributed by atoms with E-state index in [2.05, 4.69) is 9.64 Å². The van der Waals surface area contributed by atoms with Crippen molar-refractivity contribution in [1.29, 1.82) is 0 Å². The van der Waals surface area contributed by atoms with E-state index in [1.165, 1.54) is 37.5 Å².